The normalized spacial score (nSPS) is 24.9. The van der Waals surface area contributed by atoms with Gasteiger partial charge >= 0.3 is 0 Å². The first kappa shape index (κ1) is 16.3. The van der Waals surface area contributed by atoms with E-state index >= 15 is 0 Å². The number of rotatable bonds is 2. The van der Waals surface area contributed by atoms with E-state index in [9.17, 15) is 8.42 Å². The average Bonchev–Trinajstić information content (AvgIpc) is 2.25. The van der Waals surface area contributed by atoms with Gasteiger partial charge < -0.3 is 5.32 Å². The van der Waals surface area contributed by atoms with Crippen LogP contribution in [0.4, 0.5) is 0 Å². The summed E-state index contributed by atoms with van der Waals surface area (Å²) in [5.74, 6) is 0. The van der Waals surface area contributed by atoms with Gasteiger partial charge in [-0.05, 0) is 26.0 Å². The molecule has 1 aliphatic heterocycles. The molecule has 0 aromatic heterocycles. The summed E-state index contributed by atoms with van der Waals surface area (Å²) in [5, 5.41) is 3.67. The molecule has 1 fully saturated rings. The van der Waals surface area contributed by atoms with Crippen molar-refractivity contribution in [2.45, 2.75) is 30.8 Å². The molecule has 0 bridgehead atoms. The molecule has 0 saturated carbocycles. The topological polar surface area (TPSA) is 49.4 Å². The summed E-state index contributed by atoms with van der Waals surface area (Å²) < 4.78 is 26.8. The number of piperazine rings is 1. The average molecular weight is 358 g/mol. The van der Waals surface area contributed by atoms with Crippen molar-refractivity contribution in [2.75, 3.05) is 13.1 Å². The highest BCUT2D eigenvalue weighted by Crippen LogP contribution is 2.35. The van der Waals surface area contributed by atoms with Crippen LogP contribution in [0.2, 0.25) is 15.1 Å². The Balaban J connectivity index is 2.45. The van der Waals surface area contributed by atoms with E-state index in [2.05, 4.69) is 5.32 Å². The molecule has 1 saturated heterocycles. The molecular weight excluding hydrogens is 343 g/mol. The van der Waals surface area contributed by atoms with Crippen molar-refractivity contribution in [1.82, 2.24) is 9.62 Å². The molecule has 2 rings (SSSR count). The van der Waals surface area contributed by atoms with Crippen LogP contribution in [-0.2, 0) is 10.0 Å². The van der Waals surface area contributed by atoms with E-state index in [0.717, 1.165) is 0 Å². The Hall–Kier alpha value is -0.0400. The largest absolute Gasteiger partial charge is 0.309 e. The third kappa shape index (κ3) is 3.24. The predicted molar refractivity (Wildman–Crippen MR) is 82.3 cm³/mol. The van der Waals surface area contributed by atoms with Gasteiger partial charge in [-0.1, -0.05) is 34.8 Å². The molecule has 1 aromatic carbocycles. The van der Waals surface area contributed by atoms with E-state index in [1.54, 1.807) is 0 Å². The fraction of sp³-hybridized carbons (Fsp3) is 0.500. The van der Waals surface area contributed by atoms with E-state index in [-0.39, 0.29) is 27.0 Å². The van der Waals surface area contributed by atoms with Crippen LogP contribution in [-0.4, -0.2) is 37.9 Å². The second kappa shape index (κ2) is 5.99. The molecule has 0 amide bonds. The van der Waals surface area contributed by atoms with Gasteiger partial charge in [-0.2, -0.15) is 4.31 Å². The van der Waals surface area contributed by atoms with Crippen LogP contribution in [0.15, 0.2) is 17.0 Å². The molecule has 1 N–H and O–H groups in total. The van der Waals surface area contributed by atoms with E-state index in [1.807, 2.05) is 13.8 Å². The van der Waals surface area contributed by atoms with Gasteiger partial charge in [0.15, 0.2) is 0 Å². The van der Waals surface area contributed by atoms with E-state index in [4.69, 9.17) is 34.8 Å². The second-order valence-corrected chi connectivity index (χ2v) is 8.11. The van der Waals surface area contributed by atoms with Gasteiger partial charge in [0.05, 0.1) is 10.0 Å². The van der Waals surface area contributed by atoms with Crippen LogP contribution < -0.4 is 5.32 Å². The fourth-order valence-corrected chi connectivity index (χ4v) is 5.49. The quantitative estimate of drug-likeness (QED) is 0.885. The SMILES string of the molecule is CC1CN(S(=O)(=O)c2c(Cl)cc(Cl)cc2Cl)CC(C)N1. The number of sulfonamides is 1. The molecule has 1 aliphatic rings. The monoisotopic (exact) mass is 356 g/mol. The molecule has 2 unspecified atom stereocenters. The Kier molecular flexibility index (Phi) is 4.89. The number of hydrogen-bond donors (Lipinski definition) is 1. The lowest BCUT2D eigenvalue weighted by molar-refractivity contribution is 0.263. The molecule has 112 valence electrons. The van der Waals surface area contributed by atoms with Crippen LogP contribution in [0.5, 0.6) is 0 Å². The van der Waals surface area contributed by atoms with E-state index < -0.39 is 10.0 Å². The summed E-state index contributed by atoms with van der Waals surface area (Å²) in [6, 6.07) is 2.91. The number of hydrogen-bond acceptors (Lipinski definition) is 3. The van der Waals surface area contributed by atoms with Crippen LogP contribution in [0, 0.1) is 0 Å². The minimum absolute atomic E-state index is 0.0429. The molecule has 20 heavy (non-hydrogen) atoms. The Bertz CT molecular complexity index is 588. The van der Waals surface area contributed by atoms with Crippen LogP contribution in [0.3, 0.4) is 0 Å². The minimum Gasteiger partial charge on any atom is -0.309 e. The standard InChI is InChI=1S/C12H15Cl3N2O2S/c1-7-5-17(6-8(2)16-7)20(18,19)12-10(14)3-9(13)4-11(12)15/h3-4,7-8,16H,5-6H2,1-2H3. The van der Waals surface area contributed by atoms with Crippen LogP contribution >= 0.6 is 34.8 Å². The molecule has 1 aromatic rings. The Morgan fingerprint density at radius 3 is 2.00 bits per heavy atom. The molecule has 4 nitrogen and oxygen atoms in total. The lowest BCUT2D eigenvalue weighted by Gasteiger charge is -2.35. The number of nitrogens with zero attached hydrogens (tertiary/aromatic N) is 1. The summed E-state index contributed by atoms with van der Waals surface area (Å²) in [5.41, 5.74) is 0. The smallest absolute Gasteiger partial charge is 0.246 e. The molecular formula is C12H15Cl3N2O2S. The zero-order chi connectivity index (χ0) is 15.1. The third-order valence-corrected chi connectivity index (χ3v) is 6.06. The first-order valence-electron chi connectivity index (χ1n) is 6.12. The van der Waals surface area contributed by atoms with Gasteiger partial charge in [-0.3, -0.25) is 0 Å². The minimum atomic E-state index is -3.74. The third-order valence-electron chi connectivity index (χ3n) is 3.08. The molecule has 0 radical (unpaired) electrons. The number of halogens is 3. The summed E-state index contributed by atoms with van der Waals surface area (Å²) in [7, 11) is -3.74. The molecule has 0 spiro atoms. The first-order valence-corrected chi connectivity index (χ1v) is 8.70. The maximum absolute atomic E-state index is 12.7. The Morgan fingerprint density at radius 2 is 1.55 bits per heavy atom. The predicted octanol–water partition coefficient (Wildman–Crippen LogP) is 3.02. The molecule has 2 atom stereocenters. The first-order chi connectivity index (χ1) is 9.21. The van der Waals surface area contributed by atoms with Crippen molar-refractivity contribution in [1.29, 1.82) is 0 Å². The Labute approximate surface area is 134 Å². The summed E-state index contributed by atoms with van der Waals surface area (Å²) >= 11 is 17.9. The van der Waals surface area contributed by atoms with Gasteiger partial charge in [0, 0.05) is 30.2 Å². The Morgan fingerprint density at radius 1 is 1.10 bits per heavy atom. The lowest BCUT2D eigenvalue weighted by Crippen LogP contribution is -2.55. The summed E-state index contributed by atoms with van der Waals surface area (Å²) in [6.07, 6.45) is 0. The zero-order valence-corrected chi connectivity index (χ0v) is 14.1. The van der Waals surface area contributed by atoms with Crippen molar-refractivity contribution in [3.8, 4) is 0 Å². The maximum Gasteiger partial charge on any atom is 0.246 e. The van der Waals surface area contributed by atoms with Crippen molar-refractivity contribution in [3.05, 3.63) is 27.2 Å². The van der Waals surface area contributed by atoms with Crippen molar-refractivity contribution >= 4 is 44.8 Å². The number of nitrogens with one attached hydrogen (secondary N) is 1. The molecule has 8 heteroatoms. The van der Waals surface area contributed by atoms with Crippen molar-refractivity contribution in [2.24, 2.45) is 0 Å². The van der Waals surface area contributed by atoms with Crippen LogP contribution in [0.1, 0.15) is 13.8 Å². The summed E-state index contributed by atoms with van der Waals surface area (Å²) in [4.78, 5) is -0.0773. The van der Waals surface area contributed by atoms with Crippen molar-refractivity contribution in [3.63, 3.8) is 0 Å². The highest BCUT2D eigenvalue weighted by atomic mass is 35.5. The highest BCUT2D eigenvalue weighted by Gasteiger charge is 2.34. The number of benzene rings is 1. The van der Waals surface area contributed by atoms with Gasteiger partial charge in [0.25, 0.3) is 0 Å². The zero-order valence-electron chi connectivity index (χ0n) is 11.0. The second-order valence-electron chi connectivity index (χ2n) is 4.99. The molecule has 1 heterocycles. The van der Waals surface area contributed by atoms with Crippen molar-refractivity contribution < 1.29 is 8.42 Å². The van der Waals surface area contributed by atoms with Gasteiger partial charge in [0.2, 0.25) is 10.0 Å². The maximum atomic E-state index is 12.7. The van der Waals surface area contributed by atoms with Gasteiger partial charge in [-0.25, -0.2) is 8.42 Å². The van der Waals surface area contributed by atoms with Gasteiger partial charge in [-0.15, -0.1) is 0 Å². The van der Waals surface area contributed by atoms with Crippen LogP contribution in [0.25, 0.3) is 0 Å². The van der Waals surface area contributed by atoms with Gasteiger partial charge in [0.1, 0.15) is 4.90 Å². The molecule has 0 aliphatic carbocycles. The van der Waals surface area contributed by atoms with E-state index in [0.29, 0.717) is 18.1 Å². The fourth-order valence-electron chi connectivity index (χ4n) is 2.38. The summed E-state index contributed by atoms with van der Waals surface area (Å²) in [6.45, 7) is 4.62. The lowest BCUT2D eigenvalue weighted by atomic mass is 10.2. The highest BCUT2D eigenvalue weighted by molar-refractivity contribution is 7.89. The van der Waals surface area contributed by atoms with E-state index in [1.165, 1.54) is 16.4 Å².